The number of nitrogens with zero attached hydrogens (tertiary/aromatic N) is 2. The molecule has 0 aliphatic heterocycles. The number of carbonyl (C=O) groups excluding carboxylic acids is 1. The highest BCUT2D eigenvalue weighted by atomic mass is 16.3. The van der Waals surface area contributed by atoms with Gasteiger partial charge >= 0.3 is 5.69 Å². The third-order valence-electron chi connectivity index (χ3n) is 3.03. The van der Waals surface area contributed by atoms with Crippen molar-refractivity contribution < 1.29 is 9.90 Å². The van der Waals surface area contributed by atoms with E-state index in [9.17, 15) is 14.7 Å². The lowest BCUT2D eigenvalue weighted by Crippen LogP contribution is -2.29. The summed E-state index contributed by atoms with van der Waals surface area (Å²) in [6.07, 6.45) is 1.47. The largest absolute Gasteiger partial charge is 0.391 e. The van der Waals surface area contributed by atoms with Gasteiger partial charge in [0.15, 0.2) is 0 Å². The Balaban J connectivity index is 2.10. The number of nitrogens with one attached hydrogen (secondary N) is 1. The molecule has 6 nitrogen and oxygen atoms in total. The molecule has 2 N–H and O–H groups in total. The molecule has 1 aromatic carbocycles. The fourth-order valence-electron chi connectivity index (χ4n) is 1.77. The van der Waals surface area contributed by atoms with E-state index in [1.54, 1.807) is 24.3 Å². The van der Waals surface area contributed by atoms with Crippen LogP contribution in [0.4, 0.5) is 5.82 Å². The number of aliphatic hydroxyl groups excluding tert-OH is 1. The Hall–Kier alpha value is -2.47. The summed E-state index contributed by atoms with van der Waals surface area (Å²) in [6.45, 7) is 2.02. The number of aliphatic hydroxyl groups is 1. The minimum absolute atomic E-state index is 0.190. The average molecular weight is 287 g/mol. The summed E-state index contributed by atoms with van der Waals surface area (Å²) in [5, 5.41) is 12.1. The molecule has 2 rings (SSSR count). The average Bonchev–Trinajstić information content (AvgIpc) is 2.50. The van der Waals surface area contributed by atoms with Gasteiger partial charge in [-0.05, 0) is 24.6 Å². The van der Waals surface area contributed by atoms with Crippen molar-refractivity contribution in [2.75, 3.05) is 5.32 Å². The molecule has 0 saturated carbocycles. The lowest BCUT2D eigenvalue weighted by molar-refractivity contribution is 0.102. The SMILES string of the molecule is CC[C@H](O)Cn1ccc(NC(=O)c2ccccc2)nc1=O. The van der Waals surface area contributed by atoms with Crippen molar-refractivity contribution in [3.05, 3.63) is 58.6 Å². The van der Waals surface area contributed by atoms with Crippen LogP contribution in [0.25, 0.3) is 0 Å². The van der Waals surface area contributed by atoms with Gasteiger partial charge in [-0.2, -0.15) is 4.98 Å². The fraction of sp³-hybridized carbons (Fsp3) is 0.267. The van der Waals surface area contributed by atoms with Crippen LogP contribution in [0.15, 0.2) is 47.4 Å². The number of carbonyl (C=O) groups is 1. The first-order valence-electron chi connectivity index (χ1n) is 6.72. The van der Waals surface area contributed by atoms with E-state index < -0.39 is 11.8 Å². The van der Waals surface area contributed by atoms with Gasteiger partial charge in [-0.15, -0.1) is 0 Å². The molecule has 1 atom stereocenters. The summed E-state index contributed by atoms with van der Waals surface area (Å²) in [6, 6.07) is 10.2. The molecule has 0 bridgehead atoms. The number of hydrogen-bond donors (Lipinski definition) is 2. The van der Waals surface area contributed by atoms with Crippen molar-refractivity contribution in [3.8, 4) is 0 Å². The normalized spacial score (nSPS) is 11.9. The molecule has 1 amide bonds. The predicted octanol–water partition coefficient (Wildman–Crippen LogP) is 1.27. The summed E-state index contributed by atoms with van der Waals surface area (Å²) in [5.41, 5.74) is -0.0155. The van der Waals surface area contributed by atoms with Gasteiger partial charge in [0.25, 0.3) is 5.91 Å². The summed E-state index contributed by atoms with van der Waals surface area (Å²) in [5.74, 6) is -0.134. The van der Waals surface area contributed by atoms with Crippen molar-refractivity contribution in [1.82, 2.24) is 9.55 Å². The second-order valence-corrected chi connectivity index (χ2v) is 4.63. The van der Waals surface area contributed by atoms with E-state index in [1.807, 2.05) is 13.0 Å². The number of benzene rings is 1. The molecule has 0 unspecified atom stereocenters. The van der Waals surface area contributed by atoms with E-state index in [2.05, 4.69) is 10.3 Å². The van der Waals surface area contributed by atoms with Crippen LogP contribution in [0, 0.1) is 0 Å². The topological polar surface area (TPSA) is 84.2 Å². The maximum Gasteiger partial charge on any atom is 0.349 e. The van der Waals surface area contributed by atoms with Crippen molar-refractivity contribution in [2.45, 2.75) is 26.0 Å². The van der Waals surface area contributed by atoms with Gasteiger partial charge in [-0.3, -0.25) is 9.36 Å². The third-order valence-corrected chi connectivity index (χ3v) is 3.03. The molecule has 0 aliphatic carbocycles. The Labute approximate surface area is 122 Å². The lowest BCUT2D eigenvalue weighted by Gasteiger charge is -2.10. The lowest BCUT2D eigenvalue weighted by atomic mass is 10.2. The van der Waals surface area contributed by atoms with Crippen LogP contribution in [-0.4, -0.2) is 26.7 Å². The molecule has 110 valence electrons. The Morgan fingerprint density at radius 3 is 2.67 bits per heavy atom. The zero-order valence-corrected chi connectivity index (χ0v) is 11.7. The molecule has 2 aromatic rings. The molecule has 0 saturated heterocycles. The molecule has 6 heteroatoms. The van der Waals surface area contributed by atoms with Crippen LogP contribution >= 0.6 is 0 Å². The van der Waals surface area contributed by atoms with Crippen LogP contribution in [0.1, 0.15) is 23.7 Å². The molecular formula is C15H17N3O3. The van der Waals surface area contributed by atoms with Crippen LogP contribution < -0.4 is 11.0 Å². The molecular weight excluding hydrogens is 270 g/mol. The number of anilines is 1. The fourth-order valence-corrected chi connectivity index (χ4v) is 1.77. The number of amides is 1. The first-order valence-corrected chi connectivity index (χ1v) is 6.72. The van der Waals surface area contributed by atoms with Crippen LogP contribution in [0.2, 0.25) is 0 Å². The van der Waals surface area contributed by atoms with E-state index in [-0.39, 0.29) is 18.3 Å². The molecule has 1 aromatic heterocycles. The van der Waals surface area contributed by atoms with Crippen molar-refractivity contribution >= 4 is 11.7 Å². The van der Waals surface area contributed by atoms with Gasteiger partial charge in [-0.25, -0.2) is 4.79 Å². The second-order valence-electron chi connectivity index (χ2n) is 4.63. The number of rotatable bonds is 5. The second kappa shape index (κ2) is 6.81. The molecule has 0 fully saturated rings. The summed E-state index contributed by atoms with van der Waals surface area (Å²) in [7, 11) is 0. The van der Waals surface area contributed by atoms with Gasteiger partial charge in [0, 0.05) is 11.8 Å². The van der Waals surface area contributed by atoms with Crippen LogP contribution in [-0.2, 0) is 6.54 Å². The smallest absolute Gasteiger partial charge is 0.349 e. The summed E-state index contributed by atoms with van der Waals surface area (Å²) >= 11 is 0. The predicted molar refractivity (Wildman–Crippen MR) is 79.2 cm³/mol. The maximum atomic E-state index is 11.9. The van der Waals surface area contributed by atoms with Crippen molar-refractivity contribution in [3.63, 3.8) is 0 Å². The maximum absolute atomic E-state index is 11.9. The zero-order valence-electron chi connectivity index (χ0n) is 11.7. The molecule has 0 radical (unpaired) electrons. The van der Waals surface area contributed by atoms with Gasteiger partial charge in [0.05, 0.1) is 12.6 Å². The summed E-state index contributed by atoms with van der Waals surface area (Å²) < 4.78 is 1.31. The molecule has 0 spiro atoms. The summed E-state index contributed by atoms with van der Waals surface area (Å²) in [4.78, 5) is 27.5. The van der Waals surface area contributed by atoms with E-state index in [0.717, 1.165) is 0 Å². The van der Waals surface area contributed by atoms with Crippen molar-refractivity contribution in [2.24, 2.45) is 0 Å². The molecule has 0 aliphatic rings. The Kier molecular flexibility index (Phi) is 4.84. The minimum Gasteiger partial charge on any atom is -0.391 e. The van der Waals surface area contributed by atoms with E-state index in [4.69, 9.17) is 0 Å². The van der Waals surface area contributed by atoms with Gasteiger partial charge in [0.1, 0.15) is 5.82 Å². The third kappa shape index (κ3) is 4.00. The highest BCUT2D eigenvalue weighted by molar-refractivity contribution is 6.03. The quantitative estimate of drug-likeness (QED) is 0.867. The Morgan fingerprint density at radius 1 is 1.33 bits per heavy atom. The van der Waals surface area contributed by atoms with E-state index in [0.29, 0.717) is 12.0 Å². The standard InChI is InChI=1S/C15H17N3O3/c1-2-12(19)10-18-9-8-13(17-15(18)21)16-14(20)11-6-4-3-5-7-11/h3-9,12,19H,2,10H2,1H3,(H,16,17,20,21)/t12-/m0/s1. The Morgan fingerprint density at radius 2 is 2.05 bits per heavy atom. The zero-order chi connectivity index (χ0) is 15.2. The van der Waals surface area contributed by atoms with Gasteiger partial charge < -0.3 is 10.4 Å². The monoisotopic (exact) mass is 287 g/mol. The van der Waals surface area contributed by atoms with Gasteiger partial charge in [0.2, 0.25) is 0 Å². The Bertz CT molecular complexity index is 667. The first-order chi connectivity index (χ1) is 10.1. The van der Waals surface area contributed by atoms with E-state index in [1.165, 1.54) is 16.8 Å². The first kappa shape index (κ1) is 14.9. The van der Waals surface area contributed by atoms with E-state index >= 15 is 0 Å². The number of hydrogen-bond acceptors (Lipinski definition) is 4. The van der Waals surface area contributed by atoms with Crippen molar-refractivity contribution in [1.29, 1.82) is 0 Å². The van der Waals surface area contributed by atoms with Gasteiger partial charge in [-0.1, -0.05) is 25.1 Å². The van der Waals surface area contributed by atoms with Crippen LogP contribution in [0.3, 0.4) is 0 Å². The highest BCUT2D eigenvalue weighted by Gasteiger charge is 2.09. The molecule has 21 heavy (non-hydrogen) atoms. The minimum atomic E-state index is -0.589. The van der Waals surface area contributed by atoms with Crippen LogP contribution in [0.5, 0.6) is 0 Å². The highest BCUT2D eigenvalue weighted by Crippen LogP contribution is 2.04. The number of aromatic nitrogens is 2. The molecule has 1 heterocycles.